The monoisotopic (exact) mass is 458 g/mol. The molecule has 5 nitrogen and oxygen atoms in total. The molecule has 0 bridgehead atoms. The fourth-order valence-corrected chi connectivity index (χ4v) is 3.45. The summed E-state index contributed by atoms with van der Waals surface area (Å²) in [6.45, 7) is 3.85. The Hall–Kier alpha value is -2.70. The van der Waals surface area contributed by atoms with Crippen LogP contribution in [-0.2, 0) is 0 Å². The molecule has 0 fully saturated rings. The molecule has 1 N–H and O–H groups in total. The maximum Gasteiger partial charge on any atom is 0.293 e. The molecule has 0 spiro atoms. The van der Waals surface area contributed by atoms with E-state index in [0.717, 1.165) is 11.1 Å². The first-order valence-electron chi connectivity index (χ1n) is 8.39. The molecule has 0 aliphatic rings. The van der Waals surface area contributed by atoms with Crippen LogP contribution in [0.2, 0.25) is 5.02 Å². The van der Waals surface area contributed by atoms with E-state index in [2.05, 4.69) is 21.2 Å². The topological polar surface area (TPSA) is 72.2 Å². The normalized spacial score (nSPS) is 10.6. The third kappa shape index (κ3) is 4.08. The second-order valence-electron chi connectivity index (χ2n) is 6.31. The van der Waals surface area contributed by atoms with Gasteiger partial charge in [-0.05, 0) is 55.3 Å². The van der Waals surface area contributed by atoms with Crippen LogP contribution in [0.1, 0.15) is 27.0 Å². The minimum Gasteiger partial charge on any atom is -0.350 e. The van der Waals surface area contributed by atoms with Crippen LogP contribution in [0.4, 0.5) is 17.1 Å². The lowest BCUT2D eigenvalue weighted by atomic mass is 9.96. The van der Waals surface area contributed by atoms with Crippen LogP contribution < -0.4 is 5.32 Å². The Kier molecular flexibility index (Phi) is 5.82. The van der Waals surface area contributed by atoms with Crippen molar-refractivity contribution in [2.45, 2.75) is 13.8 Å². The van der Waals surface area contributed by atoms with E-state index in [1.807, 2.05) is 26.0 Å². The number of halogens is 2. The second-order valence-corrected chi connectivity index (χ2v) is 7.64. The zero-order chi connectivity index (χ0) is 20.4. The predicted molar refractivity (Wildman–Crippen MR) is 115 cm³/mol. The number of aryl methyl sites for hydroxylation is 1. The third-order valence-corrected chi connectivity index (χ3v) is 5.30. The number of hydrogen-bond acceptors (Lipinski definition) is 4. The number of hydrogen-bond donors (Lipinski definition) is 1. The molecule has 0 atom stereocenters. The first-order chi connectivity index (χ1) is 13.3. The maximum absolute atomic E-state index is 12.9. The third-order valence-electron chi connectivity index (χ3n) is 4.50. The predicted octanol–water partition coefficient (Wildman–Crippen LogP) is 6.60. The van der Waals surface area contributed by atoms with Crippen LogP contribution in [0, 0.1) is 24.0 Å². The summed E-state index contributed by atoms with van der Waals surface area (Å²) in [7, 11) is 0. The van der Waals surface area contributed by atoms with Crippen molar-refractivity contribution in [3.8, 4) is 0 Å². The van der Waals surface area contributed by atoms with Gasteiger partial charge in [0.1, 0.15) is 5.69 Å². The highest BCUT2D eigenvalue weighted by atomic mass is 79.9. The largest absolute Gasteiger partial charge is 0.350 e. The fraction of sp³-hybridized carbons (Fsp3) is 0.0952. The highest BCUT2D eigenvalue weighted by Crippen LogP contribution is 2.32. The van der Waals surface area contributed by atoms with Crippen LogP contribution in [0.3, 0.4) is 0 Å². The van der Waals surface area contributed by atoms with Gasteiger partial charge < -0.3 is 5.32 Å². The van der Waals surface area contributed by atoms with E-state index in [0.29, 0.717) is 27.0 Å². The summed E-state index contributed by atoms with van der Waals surface area (Å²) < 4.78 is 0.609. The number of ketones is 1. The summed E-state index contributed by atoms with van der Waals surface area (Å²) in [4.78, 5) is 23.7. The van der Waals surface area contributed by atoms with E-state index in [-0.39, 0.29) is 16.5 Å². The molecule has 3 aromatic carbocycles. The van der Waals surface area contributed by atoms with Gasteiger partial charge in [0.05, 0.1) is 9.95 Å². The van der Waals surface area contributed by atoms with Crippen molar-refractivity contribution >= 4 is 50.4 Å². The van der Waals surface area contributed by atoms with Gasteiger partial charge >= 0.3 is 0 Å². The summed E-state index contributed by atoms with van der Waals surface area (Å²) >= 11 is 9.59. The van der Waals surface area contributed by atoms with Gasteiger partial charge in [-0.1, -0.05) is 45.7 Å². The van der Waals surface area contributed by atoms with Gasteiger partial charge in [-0.15, -0.1) is 0 Å². The summed E-state index contributed by atoms with van der Waals surface area (Å²) in [5.74, 6) is -0.160. The molecular formula is C21H16BrClN2O3. The molecule has 0 aliphatic carbocycles. The average molecular weight is 460 g/mol. The van der Waals surface area contributed by atoms with E-state index >= 15 is 0 Å². The number of benzene rings is 3. The lowest BCUT2D eigenvalue weighted by Gasteiger charge is -2.11. The Labute approximate surface area is 175 Å². The van der Waals surface area contributed by atoms with Crippen molar-refractivity contribution < 1.29 is 9.72 Å². The number of carbonyl (C=O) groups excluding carboxylic acids is 1. The highest BCUT2D eigenvalue weighted by Gasteiger charge is 2.18. The van der Waals surface area contributed by atoms with Crippen molar-refractivity contribution in [2.24, 2.45) is 0 Å². The molecule has 142 valence electrons. The number of rotatable bonds is 5. The van der Waals surface area contributed by atoms with Gasteiger partial charge in [0, 0.05) is 27.4 Å². The second kappa shape index (κ2) is 8.12. The zero-order valence-electron chi connectivity index (χ0n) is 15.1. The molecule has 7 heteroatoms. The van der Waals surface area contributed by atoms with Gasteiger partial charge in [0.25, 0.3) is 5.69 Å². The lowest BCUT2D eigenvalue weighted by molar-refractivity contribution is -0.384. The number of nitrogens with zero attached hydrogens (tertiary/aromatic N) is 1. The molecule has 0 aliphatic heterocycles. The fourth-order valence-electron chi connectivity index (χ4n) is 2.84. The van der Waals surface area contributed by atoms with Crippen LogP contribution in [0.15, 0.2) is 59.1 Å². The molecule has 0 amide bonds. The van der Waals surface area contributed by atoms with E-state index in [1.165, 1.54) is 6.07 Å². The van der Waals surface area contributed by atoms with Crippen LogP contribution in [0.5, 0.6) is 0 Å². The number of nitro groups is 1. The van der Waals surface area contributed by atoms with E-state index in [1.54, 1.807) is 36.4 Å². The summed E-state index contributed by atoms with van der Waals surface area (Å²) in [6.07, 6.45) is 0. The minimum absolute atomic E-state index is 0.0685. The molecule has 0 saturated carbocycles. The average Bonchev–Trinajstić information content (AvgIpc) is 2.65. The minimum atomic E-state index is -0.465. The number of anilines is 2. The number of carbonyl (C=O) groups is 1. The Bertz CT molecular complexity index is 1100. The van der Waals surface area contributed by atoms with Crippen LogP contribution in [0.25, 0.3) is 0 Å². The van der Waals surface area contributed by atoms with Crippen molar-refractivity contribution in [1.29, 1.82) is 0 Å². The van der Waals surface area contributed by atoms with Crippen LogP contribution in [-0.4, -0.2) is 10.7 Å². The first kappa shape index (κ1) is 20.0. The SMILES string of the molecule is Cc1cccc(C(=O)c2ccc(Nc3ccc(Br)cc3[N+](=O)[O-])cc2Cl)c1C. The molecule has 0 radical (unpaired) electrons. The molecule has 28 heavy (non-hydrogen) atoms. The molecule has 0 unspecified atom stereocenters. The number of nitrogens with one attached hydrogen (secondary N) is 1. The molecule has 3 aromatic rings. The van der Waals surface area contributed by atoms with Gasteiger partial charge in [-0.3, -0.25) is 14.9 Å². The molecule has 3 rings (SSSR count). The van der Waals surface area contributed by atoms with E-state index in [9.17, 15) is 14.9 Å². The van der Waals surface area contributed by atoms with Gasteiger partial charge in [-0.2, -0.15) is 0 Å². The Morgan fingerprint density at radius 3 is 2.50 bits per heavy atom. The smallest absolute Gasteiger partial charge is 0.293 e. The number of nitro benzene ring substituents is 1. The van der Waals surface area contributed by atoms with E-state index < -0.39 is 4.92 Å². The molecule has 0 saturated heterocycles. The lowest BCUT2D eigenvalue weighted by Crippen LogP contribution is -2.06. The Morgan fingerprint density at radius 2 is 1.82 bits per heavy atom. The Morgan fingerprint density at radius 1 is 1.07 bits per heavy atom. The molecule has 0 heterocycles. The quantitative estimate of drug-likeness (QED) is 0.265. The highest BCUT2D eigenvalue weighted by molar-refractivity contribution is 9.10. The van der Waals surface area contributed by atoms with Crippen molar-refractivity contribution in [3.63, 3.8) is 0 Å². The van der Waals surface area contributed by atoms with Crippen molar-refractivity contribution in [1.82, 2.24) is 0 Å². The maximum atomic E-state index is 12.9. The molecular weight excluding hydrogens is 444 g/mol. The van der Waals surface area contributed by atoms with Gasteiger partial charge in [0.15, 0.2) is 5.78 Å². The Balaban J connectivity index is 1.92. The van der Waals surface area contributed by atoms with Gasteiger partial charge in [-0.25, -0.2) is 0 Å². The first-order valence-corrected chi connectivity index (χ1v) is 9.56. The summed E-state index contributed by atoms with van der Waals surface area (Å²) in [5, 5.41) is 14.5. The van der Waals surface area contributed by atoms with Gasteiger partial charge in [0.2, 0.25) is 0 Å². The van der Waals surface area contributed by atoms with Crippen molar-refractivity contribution in [2.75, 3.05) is 5.32 Å². The summed E-state index contributed by atoms with van der Waals surface area (Å²) in [5.41, 5.74) is 3.74. The van der Waals surface area contributed by atoms with Crippen LogP contribution >= 0.6 is 27.5 Å². The summed E-state index contributed by atoms with van der Waals surface area (Å²) in [6, 6.07) is 15.2. The van der Waals surface area contributed by atoms with Crippen molar-refractivity contribution in [3.05, 3.63) is 96.5 Å². The standard InChI is InChI=1S/C21H16BrClN2O3/c1-12-4-3-5-16(13(12)2)21(26)17-8-7-15(11-18(17)23)24-19-9-6-14(22)10-20(19)25(27)28/h3-11,24H,1-2H3. The van der Waals surface area contributed by atoms with E-state index in [4.69, 9.17) is 11.6 Å². The molecule has 0 aromatic heterocycles. The zero-order valence-corrected chi connectivity index (χ0v) is 17.5.